The van der Waals surface area contributed by atoms with Crippen molar-refractivity contribution in [1.82, 2.24) is 20.5 Å². The highest BCUT2D eigenvalue weighted by atomic mass is 32.1. The number of thiazole rings is 1. The average molecular weight is 367 g/mol. The number of primary amides is 1. The molecule has 7 nitrogen and oxygen atoms in total. The summed E-state index contributed by atoms with van der Waals surface area (Å²) in [5.74, 6) is 0.609. The molecule has 1 fully saturated rings. The Morgan fingerprint density at radius 1 is 1.44 bits per heavy atom. The standard InChI is InChI=1S/C17H30N6OS/c1-3-14-11-21-16(25-14)5-8-20-17(19-4-2)22-13-6-9-23(10-7-13)12-15(18)24/h11,13H,3-10,12H2,1-2H3,(H2,18,24)(H2,19,20,22). The fourth-order valence-electron chi connectivity index (χ4n) is 2.86. The van der Waals surface area contributed by atoms with Gasteiger partial charge in [0.2, 0.25) is 5.91 Å². The Kier molecular flexibility index (Phi) is 8.14. The van der Waals surface area contributed by atoms with Crippen LogP contribution in [0.2, 0.25) is 0 Å². The van der Waals surface area contributed by atoms with E-state index in [0.29, 0.717) is 12.6 Å². The van der Waals surface area contributed by atoms with Crippen LogP contribution in [0.3, 0.4) is 0 Å². The maximum absolute atomic E-state index is 11.0. The number of piperidine rings is 1. The van der Waals surface area contributed by atoms with Gasteiger partial charge < -0.3 is 16.4 Å². The second-order valence-electron chi connectivity index (χ2n) is 6.25. The molecule has 0 aromatic carbocycles. The summed E-state index contributed by atoms with van der Waals surface area (Å²) in [6.45, 7) is 7.92. The molecular weight excluding hydrogens is 336 g/mol. The van der Waals surface area contributed by atoms with Crippen LogP contribution >= 0.6 is 11.3 Å². The Bertz CT molecular complexity index is 565. The first-order chi connectivity index (χ1) is 12.1. The summed E-state index contributed by atoms with van der Waals surface area (Å²) >= 11 is 1.77. The highest BCUT2D eigenvalue weighted by Gasteiger charge is 2.20. The van der Waals surface area contributed by atoms with Crippen molar-refractivity contribution in [2.24, 2.45) is 10.7 Å². The SMILES string of the molecule is CCNC(=NCCc1ncc(CC)s1)NC1CCN(CC(N)=O)CC1. The number of aryl methyl sites for hydroxylation is 1. The van der Waals surface area contributed by atoms with Crippen LogP contribution in [0.5, 0.6) is 0 Å². The maximum Gasteiger partial charge on any atom is 0.231 e. The van der Waals surface area contributed by atoms with Crippen molar-refractivity contribution in [2.45, 2.75) is 45.6 Å². The number of aromatic nitrogens is 1. The van der Waals surface area contributed by atoms with Gasteiger partial charge in [0.05, 0.1) is 11.6 Å². The quantitative estimate of drug-likeness (QED) is 0.466. The lowest BCUT2D eigenvalue weighted by Crippen LogP contribution is -2.49. The molecule has 0 unspecified atom stereocenters. The first-order valence-electron chi connectivity index (χ1n) is 9.09. The molecule has 1 saturated heterocycles. The number of hydrogen-bond acceptors (Lipinski definition) is 5. The van der Waals surface area contributed by atoms with Crippen molar-refractivity contribution in [3.8, 4) is 0 Å². The fraction of sp³-hybridized carbons (Fsp3) is 0.706. The maximum atomic E-state index is 11.0. The van der Waals surface area contributed by atoms with Crippen LogP contribution in [0.25, 0.3) is 0 Å². The number of likely N-dealkylation sites (tertiary alicyclic amines) is 1. The molecule has 4 N–H and O–H groups in total. The Balaban J connectivity index is 1.78. The molecule has 2 rings (SSSR count). The lowest BCUT2D eigenvalue weighted by Gasteiger charge is -2.32. The molecule has 1 aromatic heterocycles. The third-order valence-corrected chi connectivity index (χ3v) is 5.40. The van der Waals surface area contributed by atoms with Crippen molar-refractivity contribution in [1.29, 1.82) is 0 Å². The molecule has 0 atom stereocenters. The van der Waals surface area contributed by atoms with Crippen LogP contribution in [0.15, 0.2) is 11.2 Å². The van der Waals surface area contributed by atoms with E-state index in [9.17, 15) is 4.79 Å². The summed E-state index contributed by atoms with van der Waals surface area (Å²) < 4.78 is 0. The average Bonchev–Trinajstić information content (AvgIpc) is 3.04. The molecule has 8 heteroatoms. The number of carbonyl (C=O) groups excluding carboxylic acids is 1. The number of hydrogen-bond donors (Lipinski definition) is 3. The predicted octanol–water partition coefficient (Wildman–Crippen LogP) is 0.753. The Hall–Kier alpha value is -1.67. The molecular formula is C17H30N6OS. The van der Waals surface area contributed by atoms with E-state index in [-0.39, 0.29) is 5.91 Å². The molecule has 0 spiro atoms. The monoisotopic (exact) mass is 366 g/mol. The van der Waals surface area contributed by atoms with Crippen molar-refractivity contribution >= 4 is 23.2 Å². The minimum absolute atomic E-state index is 0.255. The van der Waals surface area contributed by atoms with E-state index in [1.807, 2.05) is 6.20 Å². The number of nitrogens with one attached hydrogen (secondary N) is 2. The van der Waals surface area contributed by atoms with Gasteiger partial charge in [0, 0.05) is 49.7 Å². The van der Waals surface area contributed by atoms with E-state index in [2.05, 4.69) is 39.4 Å². The first-order valence-corrected chi connectivity index (χ1v) is 9.91. The molecule has 1 aliphatic rings. The van der Waals surface area contributed by atoms with Gasteiger partial charge in [-0.25, -0.2) is 4.98 Å². The Labute approximate surface area is 154 Å². The van der Waals surface area contributed by atoms with Crippen molar-refractivity contribution in [3.05, 3.63) is 16.1 Å². The van der Waals surface area contributed by atoms with E-state index in [0.717, 1.165) is 62.8 Å². The van der Waals surface area contributed by atoms with Gasteiger partial charge in [0.25, 0.3) is 0 Å². The van der Waals surface area contributed by atoms with Crippen LogP contribution in [-0.4, -0.2) is 60.5 Å². The van der Waals surface area contributed by atoms with Gasteiger partial charge in [-0.1, -0.05) is 6.92 Å². The number of guanidine groups is 1. The summed E-state index contributed by atoms with van der Waals surface area (Å²) in [7, 11) is 0. The zero-order chi connectivity index (χ0) is 18.1. The molecule has 1 aliphatic heterocycles. The third-order valence-electron chi connectivity index (χ3n) is 4.20. The second-order valence-corrected chi connectivity index (χ2v) is 7.45. The number of carbonyl (C=O) groups is 1. The molecule has 1 aromatic rings. The van der Waals surface area contributed by atoms with Crippen LogP contribution in [0.4, 0.5) is 0 Å². The van der Waals surface area contributed by atoms with Crippen LogP contribution in [-0.2, 0) is 17.6 Å². The topological polar surface area (TPSA) is 95.6 Å². The van der Waals surface area contributed by atoms with Crippen LogP contribution in [0.1, 0.15) is 36.6 Å². The normalized spacial score (nSPS) is 16.8. The van der Waals surface area contributed by atoms with Gasteiger partial charge in [0.1, 0.15) is 0 Å². The highest BCUT2D eigenvalue weighted by Crippen LogP contribution is 2.14. The Morgan fingerprint density at radius 2 is 2.20 bits per heavy atom. The molecule has 0 radical (unpaired) electrons. The van der Waals surface area contributed by atoms with E-state index < -0.39 is 0 Å². The van der Waals surface area contributed by atoms with Gasteiger partial charge in [0.15, 0.2) is 5.96 Å². The largest absolute Gasteiger partial charge is 0.369 e. The number of nitrogens with zero attached hydrogens (tertiary/aromatic N) is 3. The third kappa shape index (κ3) is 6.99. The summed E-state index contributed by atoms with van der Waals surface area (Å²) in [5, 5.41) is 7.97. The number of nitrogens with two attached hydrogens (primary N) is 1. The lowest BCUT2D eigenvalue weighted by molar-refractivity contribution is -0.119. The van der Waals surface area contributed by atoms with E-state index in [4.69, 9.17) is 5.73 Å². The summed E-state index contributed by atoms with van der Waals surface area (Å²) in [6.07, 6.45) is 5.86. The van der Waals surface area contributed by atoms with Crippen LogP contribution in [0, 0.1) is 0 Å². The van der Waals surface area contributed by atoms with Gasteiger partial charge in [-0.15, -0.1) is 11.3 Å². The summed E-state index contributed by atoms with van der Waals surface area (Å²) in [6, 6.07) is 0.383. The minimum Gasteiger partial charge on any atom is -0.369 e. The predicted molar refractivity (Wildman–Crippen MR) is 103 cm³/mol. The Morgan fingerprint density at radius 3 is 2.80 bits per heavy atom. The molecule has 25 heavy (non-hydrogen) atoms. The molecule has 140 valence electrons. The molecule has 0 saturated carbocycles. The van der Waals surface area contributed by atoms with Crippen LogP contribution < -0.4 is 16.4 Å². The van der Waals surface area contributed by atoms with Crippen molar-refractivity contribution in [2.75, 3.05) is 32.7 Å². The van der Waals surface area contributed by atoms with E-state index >= 15 is 0 Å². The molecule has 0 bridgehead atoms. The van der Waals surface area contributed by atoms with Crippen molar-refractivity contribution in [3.63, 3.8) is 0 Å². The summed E-state index contributed by atoms with van der Waals surface area (Å²) in [4.78, 5) is 23.6. The second kappa shape index (κ2) is 10.4. The van der Waals surface area contributed by atoms with E-state index in [1.165, 1.54) is 4.88 Å². The van der Waals surface area contributed by atoms with Gasteiger partial charge in [-0.2, -0.15) is 0 Å². The number of amides is 1. The van der Waals surface area contributed by atoms with Gasteiger partial charge in [-0.05, 0) is 26.2 Å². The molecule has 0 aliphatic carbocycles. The molecule has 1 amide bonds. The summed E-state index contributed by atoms with van der Waals surface area (Å²) in [5.41, 5.74) is 5.26. The van der Waals surface area contributed by atoms with Gasteiger partial charge >= 0.3 is 0 Å². The molecule has 2 heterocycles. The smallest absolute Gasteiger partial charge is 0.231 e. The minimum atomic E-state index is -0.255. The first kappa shape index (κ1) is 19.7. The zero-order valence-corrected chi connectivity index (χ0v) is 16.1. The van der Waals surface area contributed by atoms with E-state index in [1.54, 1.807) is 11.3 Å². The van der Waals surface area contributed by atoms with Gasteiger partial charge in [-0.3, -0.25) is 14.7 Å². The highest BCUT2D eigenvalue weighted by molar-refractivity contribution is 7.11. The fourth-order valence-corrected chi connectivity index (χ4v) is 3.71. The lowest BCUT2D eigenvalue weighted by atomic mass is 10.1. The number of aliphatic imine (C=N–C) groups is 1. The zero-order valence-electron chi connectivity index (χ0n) is 15.3. The number of rotatable bonds is 8. The van der Waals surface area contributed by atoms with Crippen molar-refractivity contribution < 1.29 is 4.79 Å².